The molecule has 0 atom stereocenters. The number of anilines is 1. The summed E-state index contributed by atoms with van der Waals surface area (Å²) in [7, 11) is 0. The Labute approximate surface area is 158 Å². The molecule has 0 spiro atoms. The van der Waals surface area contributed by atoms with Gasteiger partial charge in [-0.2, -0.15) is 0 Å². The summed E-state index contributed by atoms with van der Waals surface area (Å²) >= 11 is 17.7. The maximum Gasteiger partial charge on any atom is 0.261 e. The van der Waals surface area contributed by atoms with Crippen LogP contribution in [0.15, 0.2) is 30.3 Å². The van der Waals surface area contributed by atoms with Crippen LogP contribution >= 0.6 is 34.8 Å². The quantitative estimate of drug-likeness (QED) is 0.637. The third-order valence-electron chi connectivity index (χ3n) is 3.10. The van der Waals surface area contributed by atoms with E-state index in [0.717, 1.165) is 0 Å². The lowest BCUT2D eigenvalue weighted by Crippen LogP contribution is -2.14. The average molecular weight is 404 g/mol. The van der Waals surface area contributed by atoms with E-state index in [0.29, 0.717) is 11.4 Å². The van der Waals surface area contributed by atoms with E-state index in [1.165, 1.54) is 6.07 Å². The number of phenols is 1. The summed E-state index contributed by atoms with van der Waals surface area (Å²) < 4.78 is 5.32. The third kappa shape index (κ3) is 4.92. The minimum absolute atomic E-state index is 0.0489. The minimum Gasteiger partial charge on any atom is -0.505 e. The Morgan fingerprint density at radius 3 is 2.36 bits per heavy atom. The lowest BCUT2D eigenvalue weighted by molar-refractivity contribution is -0.118. The number of phenolic OH excluding ortho intramolecular Hbond substituents is 1. The number of halogens is 3. The Kier molecular flexibility index (Phi) is 6.36. The molecule has 0 fully saturated rings. The number of hydrogen-bond acceptors (Lipinski definition) is 4. The molecule has 9 heteroatoms. The van der Waals surface area contributed by atoms with Crippen molar-refractivity contribution in [3.05, 3.63) is 51.0 Å². The zero-order chi connectivity index (χ0) is 18.6. The predicted octanol–water partition coefficient (Wildman–Crippen LogP) is 3.86. The first kappa shape index (κ1) is 19.2. The van der Waals surface area contributed by atoms with Gasteiger partial charge in [-0.1, -0.05) is 34.8 Å². The zero-order valence-electron chi connectivity index (χ0n) is 12.7. The molecular formula is C16H13Cl3N2O4. The fourth-order valence-electron chi connectivity index (χ4n) is 1.89. The number of amides is 2. The molecule has 0 radical (unpaired) electrons. The third-order valence-corrected chi connectivity index (χ3v) is 4.18. The number of rotatable bonds is 6. The molecule has 0 unspecified atom stereocenters. The standard InChI is InChI=1S/C16H13Cl3N2O4/c17-10-7-11(18)15(23)13(14(10)19)16(24)21-8-1-3-9(4-2-8)25-6-5-12(20)22/h1-4,7,23H,5-6H2,(H2,20,22)(H,21,24). The number of primary amides is 1. The van der Waals surface area contributed by atoms with E-state index in [2.05, 4.69) is 5.32 Å². The van der Waals surface area contributed by atoms with Gasteiger partial charge in [0.2, 0.25) is 5.91 Å². The van der Waals surface area contributed by atoms with Crippen LogP contribution in [0, 0.1) is 0 Å². The van der Waals surface area contributed by atoms with Crippen molar-refractivity contribution in [2.45, 2.75) is 6.42 Å². The van der Waals surface area contributed by atoms with Crippen molar-refractivity contribution in [1.82, 2.24) is 0 Å². The number of nitrogens with one attached hydrogen (secondary N) is 1. The van der Waals surface area contributed by atoms with E-state index in [4.69, 9.17) is 45.3 Å². The largest absolute Gasteiger partial charge is 0.505 e. The molecule has 25 heavy (non-hydrogen) atoms. The summed E-state index contributed by atoms with van der Waals surface area (Å²) in [5, 5.41) is 12.4. The van der Waals surface area contributed by atoms with Crippen LogP contribution in [0.4, 0.5) is 5.69 Å². The molecule has 6 nitrogen and oxygen atoms in total. The molecule has 0 saturated carbocycles. The van der Waals surface area contributed by atoms with Gasteiger partial charge < -0.3 is 20.9 Å². The minimum atomic E-state index is -0.672. The normalized spacial score (nSPS) is 10.4. The van der Waals surface area contributed by atoms with Crippen molar-refractivity contribution in [3.63, 3.8) is 0 Å². The summed E-state index contributed by atoms with van der Waals surface area (Å²) in [6, 6.07) is 7.60. The van der Waals surface area contributed by atoms with E-state index in [1.54, 1.807) is 24.3 Å². The molecule has 0 saturated heterocycles. The second kappa shape index (κ2) is 8.29. The number of hydrogen-bond donors (Lipinski definition) is 3. The van der Waals surface area contributed by atoms with Crippen molar-refractivity contribution in [1.29, 1.82) is 0 Å². The van der Waals surface area contributed by atoms with Crippen LogP contribution in [0.3, 0.4) is 0 Å². The van der Waals surface area contributed by atoms with E-state index < -0.39 is 17.6 Å². The number of benzene rings is 2. The maximum atomic E-state index is 12.3. The zero-order valence-corrected chi connectivity index (χ0v) is 15.0. The highest BCUT2D eigenvalue weighted by atomic mass is 35.5. The Balaban J connectivity index is 2.10. The molecule has 2 aromatic rings. The van der Waals surface area contributed by atoms with Gasteiger partial charge in [-0.05, 0) is 30.3 Å². The smallest absolute Gasteiger partial charge is 0.261 e. The average Bonchev–Trinajstić information content (AvgIpc) is 2.54. The first-order valence-corrected chi connectivity index (χ1v) is 8.12. The Bertz CT molecular complexity index is 784. The molecular weight excluding hydrogens is 391 g/mol. The van der Waals surface area contributed by atoms with Crippen LogP contribution in [0.5, 0.6) is 11.5 Å². The van der Waals surface area contributed by atoms with E-state index in [1.807, 2.05) is 0 Å². The first-order valence-electron chi connectivity index (χ1n) is 6.98. The second-order valence-electron chi connectivity index (χ2n) is 4.92. The van der Waals surface area contributed by atoms with Crippen molar-refractivity contribution in [2.75, 3.05) is 11.9 Å². The molecule has 0 heterocycles. The van der Waals surface area contributed by atoms with Gasteiger partial charge in [-0.3, -0.25) is 9.59 Å². The number of nitrogens with two attached hydrogens (primary N) is 1. The lowest BCUT2D eigenvalue weighted by Gasteiger charge is -2.11. The van der Waals surface area contributed by atoms with Crippen LogP contribution in [0.25, 0.3) is 0 Å². The summed E-state index contributed by atoms with van der Waals surface area (Å²) in [5.41, 5.74) is 5.23. The monoisotopic (exact) mass is 402 g/mol. The van der Waals surface area contributed by atoms with Crippen LogP contribution in [-0.2, 0) is 4.79 Å². The second-order valence-corrected chi connectivity index (χ2v) is 6.11. The molecule has 2 rings (SSSR count). The molecule has 0 aliphatic carbocycles. The van der Waals surface area contributed by atoms with E-state index >= 15 is 0 Å². The van der Waals surface area contributed by atoms with E-state index in [9.17, 15) is 14.7 Å². The van der Waals surface area contributed by atoms with Crippen LogP contribution in [0.2, 0.25) is 15.1 Å². The van der Waals surface area contributed by atoms with Gasteiger partial charge >= 0.3 is 0 Å². The Hall–Kier alpha value is -2.15. The van der Waals surface area contributed by atoms with Crippen LogP contribution in [-0.4, -0.2) is 23.5 Å². The van der Waals surface area contributed by atoms with Crippen LogP contribution in [0.1, 0.15) is 16.8 Å². The van der Waals surface area contributed by atoms with Gasteiger partial charge in [0, 0.05) is 5.69 Å². The fourth-order valence-corrected chi connectivity index (χ4v) is 2.58. The molecule has 2 amide bonds. The topological polar surface area (TPSA) is 102 Å². The summed E-state index contributed by atoms with van der Waals surface area (Å²) in [4.78, 5) is 23.0. The number of aromatic hydroxyl groups is 1. The van der Waals surface area contributed by atoms with Crippen molar-refractivity contribution < 1.29 is 19.4 Å². The highest BCUT2D eigenvalue weighted by Crippen LogP contribution is 2.38. The molecule has 132 valence electrons. The molecule has 0 aliphatic heterocycles. The highest BCUT2D eigenvalue weighted by Gasteiger charge is 2.21. The highest BCUT2D eigenvalue weighted by molar-refractivity contribution is 6.46. The fraction of sp³-hybridized carbons (Fsp3) is 0.125. The number of ether oxygens (including phenoxy) is 1. The van der Waals surface area contributed by atoms with Crippen LogP contribution < -0.4 is 15.8 Å². The first-order chi connectivity index (χ1) is 11.8. The summed E-state index contributed by atoms with van der Waals surface area (Å²) in [5.74, 6) is -1.08. The van der Waals surface area contributed by atoms with Gasteiger partial charge in [-0.25, -0.2) is 0 Å². The van der Waals surface area contributed by atoms with Crippen molar-refractivity contribution in [3.8, 4) is 11.5 Å². The SMILES string of the molecule is NC(=O)CCOc1ccc(NC(=O)c2c(O)c(Cl)cc(Cl)c2Cl)cc1. The molecule has 0 aromatic heterocycles. The molecule has 0 aliphatic rings. The Morgan fingerprint density at radius 1 is 1.12 bits per heavy atom. The molecule has 4 N–H and O–H groups in total. The molecule has 0 bridgehead atoms. The van der Waals surface area contributed by atoms with Gasteiger partial charge in [0.1, 0.15) is 17.1 Å². The molecule has 2 aromatic carbocycles. The predicted molar refractivity (Wildman–Crippen MR) is 96.8 cm³/mol. The van der Waals surface area contributed by atoms with Gasteiger partial charge in [0.25, 0.3) is 5.91 Å². The van der Waals surface area contributed by atoms with Gasteiger partial charge in [0.15, 0.2) is 0 Å². The number of carbonyl (C=O) groups is 2. The van der Waals surface area contributed by atoms with Gasteiger partial charge in [0.05, 0.1) is 28.1 Å². The van der Waals surface area contributed by atoms with Crippen molar-refractivity contribution >= 4 is 52.3 Å². The van der Waals surface area contributed by atoms with E-state index in [-0.39, 0.29) is 33.7 Å². The number of carbonyl (C=O) groups excluding carboxylic acids is 2. The van der Waals surface area contributed by atoms with Gasteiger partial charge in [-0.15, -0.1) is 0 Å². The summed E-state index contributed by atoms with van der Waals surface area (Å²) in [6.45, 7) is 0.158. The van der Waals surface area contributed by atoms with Crippen molar-refractivity contribution in [2.24, 2.45) is 5.73 Å². The summed E-state index contributed by atoms with van der Waals surface area (Å²) in [6.07, 6.45) is 0.103. The lowest BCUT2D eigenvalue weighted by atomic mass is 10.1. The maximum absolute atomic E-state index is 12.3. The Morgan fingerprint density at radius 2 is 1.76 bits per heavy atom.